The molecule has 0 saturated heterocycles. The summed E-state index contributed by atoms with van der Waals surface area (Å²) in [4.78, 5) is 17.2. The van der Waals surface area contributed by atoms with Crippen LogP contribution >= 0.6 is 11.6 Å². The third-order valence-electron chi connectivity index (χ3n) is 6.26. The second-order valence-corrected chi connectivity index (χ2v) is 9.91. The van der Waals surface area contributed by atoms with Gasteiger partial charge in [0.1, 0.15) is 11.6 Å². The third-order valence-corrected chi connectivity index (χ3v) is 6.51. The molecule has 0 aliphatic heterocycles. The molecule has 0 saturated carbocycles. The van der Waals surface area contributed by atoms with Gasteiger partial charge in [-0.25, -0.2) is 4.98 Å². The van der Waals surface area contributed by atoms with Gasteiger partial charge in [0.2, 0.25) is 5.91 Å². The monoisotopic (exact) mass is 503 g/mol. The summed E-state index contributed by atoms with van der Waals surface area (Å²) in [6.07, 6.45) is 1.86. The molecule has 1 aromatic heterocycles. The van der Waals surface area contributed by atoms with E-state index in [0.717, 1.165) is 41.1 Å². The van der Waals surface area contributed by atoms with Crippen LogP contribution in [-0.4, -0.2) is 28.6 Å². The molecule has 6 heteroatoms. The lowest BCUT2D eigenvalue weighted by Crippen LogP contribution is -2.28. The average Bonchev–Trinajstić information content (AvgIpc) is 3.20. The van der Waals surface area contributed by atoms with Gasteiger partial charge in [0.05, 0.1) is 24.1 Å². The molecule has 5 nitrogen and oxygen atoms in total. The van der Waals surface area contributed by atoms with Crippen molar-refractivity contribution in [1.29, 1.82) is 0 Å². The molecule has 0 aliphatic carbocycles. The van der Waals surface area contributed by atoms with Gasteiger partial charge >= 0.3 is 0 Å². The number of nitrogens with zero attached hydrogens (tertiary/aromatic N) is 2. The summed E-state index contributed by atoms with van der Waals surface area (Å²) in [5.41, 5.74) is 5.47. The van der Waals surface area contributed by atoms with Crippen LogP contribution in [0.3, 0.4) is 0 Å². The van der Waals surface area contributed by atoms with Crippen LogP contribution in [-0.2, 0) is 24.2 Å². The molecule has 0 radical (unpaired) electrons. The Morgan fingerprint density at radius 3 is 2.64 bits per heavy atom. The standard InChI is InChI=1S/C30H34ClN3O2/c1-21(2)25-14-9-22(3)19-28(25)36-18-6-17-34-27-8-5-4-7-26(27)33-29(34)15-16-32-30(35)20-23-10-12-24(31)13-11-23/h4-5,7-14,19,21H,6,15-18,20H2,1-3H3,(H,32,35). The lowest BCUT2D eigenvalue weighted by Gasteiger charge is -2.15. The number of carbonyl (C=O) groups excluding carboxylic acids is 1. The molecule has 0 fully saturated rings. The lowest BCUT2D eigenvalue weighted by molar-refractivity contribution is -0.120. The first-order valence-corrected chi connectivity index (χ1v) is 13.0. The van der Waals surface area contributed by atoms with Crippen molar-refractivity contribution in [2.75, 3.05) is 13.2 Å². The summed E-state index contributed by atoms with van der Waals surface area (Å²) in [6.45, 7) is 8.44. The highest BCUT2D eigenvalue weighted by molar-refractivity contribution is 6.30. The Morgan fingerprint density at radius 1 is 1.08 bits per heavy atom. The summed E-state index contributed by atoms with van der Waals surface area (Å²) < 4.78 is 8.46. The zero-order valence-electron chi connectivity index (χ0n) is 21.3. The smallest absolute Gasteiger partial charge is 0.224 e. The van der Waals surface area contributed by atoms with Crippen molar-refractivity contribution in [3.63, 3.8) is 0 Å². The number of aryl methyl sites for hydroxylation is 2. The number of imidazole rings is 1. The van der Waals surface area contributed by atoms with Crippen molar-refractivity contribution < 1.29 is 9.53 Å². The molecule has 1 N–H and O–H groups in total. The number of fused-ring (bicyclic) bond motifs is 1. The summed E-state index contributed by atoms with van der Waals surface area (Å²) >= 11 is 5.93. The second kappa shape index (κ2) is 12.1. The average molecular weight is 504 g/mol. The van der Waals surface area contributed by atoms with Crippen molar-refractivity contribution in [2.24, 2.45) is 0 Å². The van der Waals surface area contributed by atoms with Crippen molar-refractivity contribution in [1.82, 2.24) is 14.9 Å². The van der Waals surface area contributed by atoms with Crippen molar-refractivity contribution in [3.05, 3.63) is 94.3 Å². The number of para-hydroxylation sites is 2. The van der Waals surface area contributed by atoms with Crippen LogP contribution in [0.1, 0.15) is 48.7 Å². The molecule has 36 heavy (non-hydrogen) atoms. The van der Waals surface area contributed by atoms with Gasteiger partial charge in [-0.15, -0.1) is 0 Å². The number of hydrogen-bond donors (Lipinski definition) is 1. The van der Waals surface area contributed by atoms with Gasteiger partial charge in [-0.05, 0) is 66.3 Å². The number of rotatable bonds is 11. The van der Waals surface area contributed by atoms with Gasteiger partial charge in [0.15, 0.2) is 0 Å². The fraction of sp³-hybridized carbons (Fsp3) is 0.333. The topological polar surface area (TPSA) is 56.1 Å². The zero-order valence-corrected chi connectivity index (χ0v) is 22.0. The third kappa shape index (κ3) is 6.67. The maximum absolute atomic E-state index is 12.4. The highest BCUT2D eigenvalue weighted by Gasteiger charge is 2.12. The van der Waals surface area contributed by atoms with Crippen LogP contribution in [0.15, 0.2) is 66.7 Å². The fourth-order valence-corrected chi connectivity index (χ4v) is 4.50. The predicted molar refractivity (Wildman–Crippen MR) is 147 cm³/mol. The zero-order chi connectivity index (χ0) is 25.5. The molecule has 0 bridgehead atoms. The molecule has 1 amide bonds. The van der Waals surface area contributed by atoms with E-state index in [2.05, 4.69) is 54.9 Å². The van der Waals surface area contributed by atoms with Crippen LogP contribution < -0.4 is 10.1 Å². The van der Waals surface area contributed by atoms with Crippen LogP contribution in [0, 0.1) is 6.92 Å². The highest BCUT2D eigenvalue weighted by Crippen LogP contribution is 2.27. The minimum Gasteiger partial charge on any atom is -0.493 e. The fourth-order valence-electron chi connectivity index (χ4n) is 4.38. The Kier molecular flexibility index (Phi) is 8.65. The van der Waals surface area contributed by atoms with E-state index in [0.29, 0.717) is 36.9 Å². The Bertz CT molecular complexity index is 1310. The van der Waals surface area contributed by atoms with E-state index in [1.54, 1.807) is 12.1 Å². The van der Waals surface area contributed by atoms with Crippen LogP contribution in [0.2, 0.25) is 5.02 Å². The quantitative estimate of drug-likeness (QED) is 0.238. The highest BCUT2D eigenvalue weighted by atomic mass is 35.5. The number of amides is 1. The molecule has 0 unspecified atom stereocenters. The van der Waals surface area contributed by atoms with Crippen LogP contribution in [0.25, 0.3) is 11.0 Å². The Labute approximate surface area is 218 Å². The summed E-state index contributed by atoms with van der Waals surface area (Å²) in [6, 6.07) is 22.0. The largest absolute Gasteiger partial charge is 0.493 e. The van der Waals surface area contributed by atoms with Crippen molar-refractivity contribution in [3.8, 4) is 5.75 Å². The van der Waals surface area contributed by atoms with E-state index in [1.807, 2.05) is 30.3 Å². The SMILES string of the molecule is Cc1ccc(C(C)C)c(OCCCn2c(CCNC(=O)Cc3ccc(Cl)cc3)nc3ccccc32)c1. The summed E-state index contributed by atoms with van der Waals surface area (Å²) in [5, 5.41) is 3.70. The van der Waals surface area contributed by atoms with E-state index in [-0.39, 0.29) is 5.91 Å². The van der Waals surface area contributed by atoms with Gasteiger partial charge in [-0.3, -0.25) is 4.79 Å². The number of aromatic nitrogens is 2. The Balaban J connectivity index is 1.35. The van der Waals surface area contributed by atoms with Gasteiger partial charge in [-0.1, -0.05) is 61.8 Å². The van der Waals surface area contributed by atoms with Crippen LogP contribution in [0.5, 0.6) is 5.75 Å². The van der Waals surface area contributed by atoms with E-state index >= 15 is 0 Å². The number of carbonyl (C=O) groups is 1. The van der Waals surface area contributed by atoms with Gasteiger partial charge < -0.3 is 14.6 Å². The second-order valence-electron chi connectivity index (χ2n) is 9.47. The summed E-state index contributed by atoms with van der Waals surface area (Å²) in [5.74, 6) is 2.36. The number of nitrogens with one attached hydrogen (secondary N) is 1. The minimum absolute atomic E-state index is 0.00695. The predicted octanol–water partition coefficient (Wildman–Crippen LogP) is 6.49. The molecule has 3 aromatic carbocycles. The molecule has 0 aliphatic rings. The van der Waals surface area contributed by atoms with Gasteiger partial charge in [0, 0.05) is 24.5 Å². The van der Waals surface area contributed by atoms with E-state index in [4.69, 9.17) is 21.3 Å². The number of benzene rings is 3. The molecule has 4 rings (SSSR count). The molecule has 188 valence electrons. The number of halogens is 1. The van der Waals surface area contributed by atoms with E-state index in [9.17, 15) is 4.79 Å². The molecule has 4 aromatic rings. The van der Waals surface area contributed by atoms with Crippen molar-refractivity contribution in [2.45, 2.75) is 52.5 Å². The number of hydrogen-bond acceptors (Lipinski definition) is 3. The Morgan fingerprint density at radius 2 is 1.86 bits per heavy atom. The molecule has 0 atom stereocenters. The first kappa shape index (κ1) is 25.8. The normalized spacial score (nSPS) is 11.2. The van der Waals surface area contributed by atoms with Crippen LogP contribution in [0.4, 0.5) is 0 Å². The maximum Gasteiger partial charge on any atom is 0.224 e. The maximum atomic E-state index is 12.4. The van der Waals surface area contributed by atoms with Crippen molar-refractivity contribution >= 4 is 28.5 Å². The van der Waals surface area contributed by atoms with Gasteiger partial charge in [0.25, 0.3) is 0 Å². The number of ether oxygens (including phenoxy) is 1. The lowest BCUT2D eigenvalue weighted by atomic mass is 10.0. The first-order chi connectivity index (χ1) is 17.4. The molecular formula is C30H34ClN3O2. The summed E-state index contributed by atoms with van der Waals surface area (Å²) in [7, 11) is 0. The Hall–Kier alpha value is -3.31. The molecule has 0 spiro atoms. The minimum atomic E-state index is -0.00695. The first-order valence-electron chi connectivity index (χ1n) is 12.6. The molecular weight excluding hydrogens is 470 g/mol. The van der Waals surface area contributed by atoms with E-state index in [1.165, 1.54) is 11.1 Å². The van der Waals surface area contributed by atoms with E-state index < -0.39 is 0 Å². The van der Waals surface area contributed by atoms with Gasteiger partial charge in [-0.2, -0.15) is 0 Å². The molecule has 1 heterocycles.